The molecule has 3 aromatic rings. The Bertz CT molecular complexity index is 1290. The second-order valence-electron chi connectivity index (χ2n) is 9.76. The van der Waals surface area contributed by atoms with Gasteiger partial charge in [0.2, 0.25) is 5.91 Å². The van der Waals surface area contributed by atoms with Gasteiger partial charge in [-0.1, -0.05) is 30.8 Å². The van der Waals surface area contributed by atoms with E-state index in [1.54, 1.807) is 29.8 Å². The Kier molecular flexibility index (Phi) is 6.42. The van der Waals surface area contributed by atoms with Crippen LogP contribution < -0.4 is 10.6 Å². The van der Waals surface area contributed by atoms with Crippen LogP contribution in [0, 0.1) is 18.3 Å². The van der Waals surface area contributed by atoms with Gasteiger partial charge in [0.25, 0.3) is 5.91 Å². The number of aliphatic carboxylic acids is 1. The average molecular weight is 496 g/mol. The van der Waals surface area contributed by atoms with Crippen LogP contribution in [-0.4, -0.2) is 54.3 Å². The Balaban J connectivity index is 1.45. The number of fused-ring (bicyclic) bond motifs is 1. The van der Waals surface area contributed by atoms with Crippen LogP contribution in [0.15, 0.2) is 23.0 Å². The van der Waals surface area contributed by atoms with Crippen molar-refractivity contribution in [3.8, 4) is 0 Å². The average Bonchev–Trinajstić information content (AvgIpc) is 3.51. The zero-order valence-electron chi connectivity index (χ0n) is 20.1. The summed E-state index contributed by atoms with van der Waals surface area (Å²) in [6.07, 6.45) is 8.38. The fraction of sp³-hybridized carbons (Fsp3) is 0.542. The number of nitrogens with zero attached hydrogens (tertiary/aromatic N) is 5. The third kappa shape index (κ3) is 4.42. The lowest BCUT2D eigenvalue weighted by Gasteiger charge is -2.25. The minimum Gasteiger partial charge on any atom is -0.480 e. The molecule has 0 radical (unpaired) electrons. The largest absolute Gasteiger partial charge is 0.480 e. The minimum atomic E-state index is -1.52. The molecule has 0 bridgehead atoms. The Hall–Kier alpha value is -3.83. The molecule has 2 aliphatic rings. The van der Waals surface area contributed by atoms with Crippen LogP contribution in [0.1, 0.15) is 78.6 Å². The van der Waals surface area contributed by atoms with Crippen LogP contribution in [-0.2, 0) is 16.0 Å². The lowest BCUT2D eigenvalue weighted by Crippen LogP contribution is -2.40. The van der Waals surface area contributed by atoms with E-state index in [0.717, 1.165) is 25.7 Å². The number of aromatic nitrogens is 5. The van der Waals surface area contributed by atoms with Crippen LogP contribution >= 0.6 is 0 Å². The summed E-state index contributed by atoms with van der Waals surface area (Å²) in [5.74, 6) is -1.82. The van der Waals surface area contributed by atoms with E-state index >= 15 is 0 Å². The van der Waals surface area contributed by atoms with E-state index in [2.05, 4.69) is 26.0 Å². The van der Waals surface area contributed by atoms with E-state index < -0.39 is 17.3 Å². The first-order chi connectivity index (χ1) is 17.4. The highest BCUT2D eigenvalue weighted by atomic mass is 16.6. The Morgan fingerprint density at radius 3 is 2.67 bits per heavy atom. The molecule has 3 aromatic heterocycles. The van der Waals surface area contributed by atoms with Gasteiger partial charge in [-0.3, -0.25) is 14.4 Å². The van der Waals surface area contributed by atoms with Crippen LogP contribution in [0.5, 0.6) is 0 Å². The molecule has 2 fully saturated rings. The molecule has 3 N–H and O–H groups in total. The molecule has 2 atom stereocenters. The van der Waals surface area contributed by atoms with E-state index in [4.69, 9.17) is 9.61 Å². The fourth-order valence-electron chi connectivity index (χ4n) is 5.34. The second kappa shape index (κ2) is 9.67. The summed E-state index contributed by atoms with van der Waals surface area (Å²) < 4.78 is 6.30. The van der Waals surface area contributed by atoms with Crippen molar-refractivity contribution in [3.05, 3.63) is 41.1 Å². The Morgan fingerprint density at radius 1 is 1.25 bits per heavy atom. The van der Waals surface area contributed by atoms with Crippen molar-refractivity contribution in [1.82, 2.24) is 35.5 Å². The summed E-state index contributed by atoms with van der Waals surface area (Å²) in [4.78, 5) is 42.1. The molecule has 0 aromatic carbocycles. The molecule has 4 heterocycles. The SMILES string of the molecule is Cc1nonc1C(=O)NC(c1cn2nc(CC3(C(=O)O)CCNC3=O)ccc2n1)C1CCCCCC1. The van der Waals surface area contributed by atoms with E-state index in [9.17, 15) is 19.5 Å². The lowest BCUT2D eigenvalue weighted by atomic mass is 9.81. The van der Waals surface area contributed by atoms with Crippen molar-refractivity contribution < 1.29 is 24.1 Å². The Morgan fingerprint density at radius 2 is 2.03 bits per heavy atom. The maximum atomic E-state index is 13.0. The van der Waals surface area contributed by atoms with Crippen molar-refractivity contribution in [2.45, 2.75) is 64.3 Å². The van der Waals surface area contributed by atoms with Gasteiger partial charge >= 0.3 is 5.97 Å². The minimum absolute atomic E-state index is 0.0150. The summed E-state index contributed by atoms with van der Waals surface area (Å²) in [5.41, 5.74) is 0.750. The highest BCUT2D eigenvalue weighted by Crippen LogP contribution is 2.34. The van der Waals surface area contributed by atoms with Crippen LogP contribution in [0.4, 0.5) is 0 Å². The van der Waals surface area contributed by atoms with E-state index in [-0.39, 0.29) is 36.4 Å². The number of hydrogen-bond donors (Lipinski definition) is 3. The lowest BCUT2D eigenvalue weighted by molar-refractivity contribution is -0.153. The predicted molar refractivity (Wildman–Crippen MR) is 125 cm³/mol. The number of hydrogen-bond acceptors (Lipinski definition) is 8. The van der Waals surface area contributed by atoms with Crippen molar-refractivity contribution in [1.29, 1.82) is 0 Å². The molecule has 1 saturated heterocycles. The van der Waals surface area contributed by atoms with Gasteiger partial charge in [0.15, 0.2) is 16.8 Å². The van der Waals surface area contributed by atoms with Gasteiger partial charge in [-0.05, 0) is 49.4 Å². The molecule has 190 valence electrons. The third-order valence-corrected chi connectivity index (χ3v) is 7.40. The van der Waals surface area contributed by atoms with Crippen molar-refractivity contribution in [2.24, 2.45) is 11.3 Å². The van der Waals surface area contributed by atoms with E-state index in [0.29, 0.717) is 29.3 Å². The number of amides is 2. The first kappa shape index (κ1) is 23.9. The molecule has 12 heteroatoms. The monoisotopic (exact) mass is 495 g/mol. The Labute approximate surface area is 206 Å². The van der Waals surface area contributed by atoms with Gasteiger partial charge < -0.3 is 15.7 Å². The molecule has 2 amide bonds. The van der Waals surface area contributed by atoms with E-state index in [1.165, 1.54) is 12.8 Å². The maximum absolute atomic E-state index is 13.0. The van der Waals surface area contributed by atoms with Gasteiger partial charge in [0.05, 0.1) is 23.6 Å². The molecule has 2 unspecified atom stereocenters. The molecular formula is C24H29N7O5. The first-order valence-corrected chi connectivity index (χ1v) is 12.3. The molecule has 12 nitrogen and oxygen atoms in total. The summed E-state index contributed by atoms with van der Waals surface area (Å²) in [7, 11) is 0. The van der Waals surface area contributed by atoms with Crippen LogP contribution in [0.25, 0.3) is 5.65 Å². The summed E-state index contributed by atoms with van der Waals surface area (Å²) in [5, 5.41) is 27.5. The van der Waals surface area contributed by atoms with Gasteiger partial charge in [-0.15, -0.1) is 0 Å². The van der Waals surface area contributed by atoms with Crippen LogP contribution in [0.2, 0.25) is 0 Å². The zero-order valence-corrected chi connectivity index (χ0v) is 20.1. The number of rotatable bonds is 7. The summed E-state index contributed by atoms with van der Waals surface area (Å²) in [6.45, 7) is 1.99. The normalized spacial score (nSPS) is 21.8. The van der Waals surface area contributed by atoms with E-state index in [1.807, 2.05) is 0 Å². The number of nitrogens with one attached hydrogen (secondary N) is 2. The zero-order chi connectivity index (χ0) is 25.3. The maximum Gasteiger partial charge on any atom is 0.319 e. The number of carboxylic acids is 1. The molecule has 36 heavy (non-hydrogen) atoms. The molecule has 1 aliphatic heterocycles. The number of carbonyl (C=O) groups excluding carboxylic acids is 2. The quantitative estimate of drug-likeness (QED) is 0.328. The summed E-state index contributed by atoms with van der Waals surface area (Å²) in [6, 6.07) is 3.10. The van der Waals surface area contributed by atoms with Crippen molar-refractivity contribution in [3.63, 3.8) is 0 Å². The van der Waals surface area contributed by atoms with Gasteiger partial charge in [-0.25, -0.2) is 14.1 Å². The highest BCUT2D eigenvalue weighted by Gasteiger charge is 2.49. The predicted octanol–water partition coefficient (Wildman–Crippen LogP) is 2.00. The van der Waals surface area contributed by atoms with Gasteiger partial charge in [-0.2, -0.15) is 5.10 Å². The van der Waals surface area contributed by atoms with Crippen LogP contribution in [0.3, 0.4) is 0 Å². The molecule has 5 rings (SSSR count). The standard InChI is InChI=1S/C24H29N7O5/c1-14-19(30-36-29-14)21(32)27-20(15-6-4-2-3-5-7-15)17-13-31-18(26-17)9-8-16(28-31)12-24(23(34)35)10-11-25-22(24)33/h8-9,13,15,20H,2-7,10-12H2,1H3,(H,25,33)(H,27,32)(H,34,35). The summed E-state index contributed by atoms with van der Waals surface area (Å²) >= 11 is 0. The smallest absolute Gasteiger partial charge is 0.319 e. The fourth-order valence-corrected chi connectivity index (χ4v) is 5.34. The topological polar surface area (TPSA) is 165 Å². The number of aryl methyl sites for hydroxylation is 1. The molecule has 0 spiro atoms. The van der Waals surface area contributed by atoms with Crippen molar-refractivity contribution in [2.75, 3.05) is 6.54 Å². The number of carbonyl (C=O) groups is 3. The molecular weight excluding hydrogens is 466 g/mol. The third-order valence-electron chi connectivity index (χ3n) is 7.40. The number of carboxylic acid groups (broad SMARTS) is 1. The van der Waals surface area contributed by atoms with Crippen molar-refractivity contribution >= 4 is 23.4 Å². The number of imidazole rings is 1. The van der Waals surface area contributed by atoms with Gasteiger partial charge in [0.1, 0.15) is 5.69 Å². The highest BCUT2D eigenvalue weighted by molar-refractivity contribution is 6.03. The first-order valence-electron chi connectivity index (χ1n) is 12.3. The second-order valence-corrected chi connectivity index (χ2v) is 9.76. The molecule has 1 saturated carbocycles. The van der Waals surface area contributed by atoms with Gasteiger partial charge in [0, 0.05) is 13.0 Å². The molecule has 1 aliphatic carbocycles.